The van der Waals surface area contributed by atoms with Crippen molar-refractivity contribution in [3.05, 3.63) is 0 Å². The minimum atomic E-state index is -0.464. The van der Waals surface area contributed by atoms with E-state index in [1.54, 1.807) is 0 Å². The van der Waals surface area contributed by atoms with E-state index in [2.05, 4.69) is 0 Å². The molecule has 5 heteroatoms. The van der Waals surface area contributed by atoms with Gasteiger partial charge in [0.05, 0.1) is 0 Å². The Morgan fingerprint density at radius 3 is 2.24 bits per heavy atom. The van der Waals surface area contributed by atoms with Crippen LogP contribution in [0.3, 0.4) is 0 Å². The van der Waals surface area contributed by atoms with Gasteiger partial charge in [0.2, 0.25) is 0 Å². The molecule has 0 aliphatic rings. The number of aliphatic hydroxyl groups is 1. The number of aliphatic hydroxyl groups excluding tert-OH is 1. The monoisotopic (exact) mass is 248 g/mol. The van der Waals surface area contributed by atoms with Crippen LogP contribution in [0.5, 0.6) is 0 Å². The normalized spacial score (nSPS) is 11.5. The zero-order chi connectivity index (χ0) is 13.1. The Hall–Kier alpha value is -0.650. The molecule has 0 aromatic rings. The second-order valence-corrected chi connectivity index (χ2v) is 4.68. The highest BCUT2D eigenvalue weighted by atomic mass is 16.6. The molecule has 0 saturated carbocycles. The van der Waals surface area contributed by atoms with E-state index in [0.29, 0.717) is 26.2 Å². The molecular weight excluding hydrogens is 224 g/mol. The number of hydrogen-bond donors (Lipinski definition) is 1. The van der Waals surface area contributed by atoms with E-state index in [0.717, 1.165) is 6.42 Å². The summed E-state index contributed by atoms with van der Waals surface area (Å²) in [6.45, 7) is 7.19. The SMILES string of the molecule is CC(C)(C)OC(=O)COCCCOCCCO. The zero-order valence-corrected chi connectivity index (χ0v) is 11.0. The molecule has 0 aromatic carbocycles. The van der Waals surface area contributed by atoms with Crippen molar-refractivity contribution < 1.29 is 24.1 Å². The molecule has 0 saturated heterocycles. The van der Waals surface area contributed by atoms with Crippen molar-refractivity contribution in [1.29, 1.82) is 0 Å². The molecule has 0 heterocycles. The van der Waals surface area contributed by atoms with Crippen molar-refractivity contribution in [2.24, 2.45) is 0 Å². The van der Waals surface area contributed by atoms with E-state index in [1.807, 2.05) is 20.8 Å². The van der Waals surface area contributed by atoms with Crippen LogP contribution < -0.4 is 0 Å². The Morgan fingerprint density at radius 1 is 1.06 bits per heavy atom. The van der Waals surface area contributed by atoms with Gasteiger partial charge >= 0.3 is 5.97 Å². The Morgan fingerprint density at radius 2 is 1.65 bits per heavy atom. The quantitative estimate of drug-likeness (QED) is 0.489. The average Bonchev–Trinajstić information content (AvgIpc) is 2.19. The molecule has 1 N–H and O–H groups in total. The largest absolute Gasteiger partial charge is 0.458 e. The predicted octanol–water partition coefficient (Wildman–Crippen LogP) is 1.13. The molecule has 0 fully saturated rings. The van der Waals surface area contributed by atoms with Gasteiger partial charge in [-0.05, 0) is 33.6 Å². The molecule has 0 amide bonds. The van der Waals surface area contributed by atoms with Gasteiger partial charge in [0.25, 0.3) is 0 Å². The topological polar surface area (TPSA) is 65.0 Å². The number of carbonyl (C=O) groups is 1. The van der Waals surface area contributed by atoms with Crippen LogP contribution in [0.2, 0.25) is 0 Å². The molecule has 0 spiro atoms. The van der Waals surface area contributed by atoms with Crippen LogP contribution in [0.4, 0.5) is 0 Å². The fraction of sp³-hybridized carbons (Fsp3) is 0.917. The van der Waals surface area contributed by atoms with Gasteiger partial charge in [-0.15, -0.1) is 0 Å². The molecule has 5 nitrogen and oxygen atoms in total. The summed E-state index contributed by atoms with van der Waals surface area (Å²) in [5.74, 6) is -0.348. The molecule has 0 aliphatic heterocycles. The average molecular weight is 248 g/mol. The van der Waals surface area contributed by atoms with Crippen molar-refractivity contribution in [2.45, 2.75) is 39.2 Å². The van der Waals surface area contributed by atoms with E-state index < -0.39 is 5.60 Å². The van der Waals surface area contributed by atoms with Gasteiger partial charge < -0.3 is 19.3 Å². The van der Waals surface area contributed by atoms with Gasteiger partial charge in [-0.25, -0.2) is 4.79 Å². The fourth-order valence-corrected chi connectivity index (χ4v) is 1.06. The highest BCUT2D eigenvalue weighted by molar-refractivity contribution is 5.71. The molecule has 0 rings (SSSR count). The van der Waals surface area contributed by atoms with Gasteiger partial charge in [-0.3, -0.25) is 0 Å². The van der Waals surface area contributed by atoms with Crippen LogP contribution >= 0.6 is 0 Å². The number of hydrogen-bond acceptors (Lipinski definition) is 5. The standard InChI is InChI=1S/C12H24O5/c1-12(2,3)17-11(14)10-16-9-5-8-15-7-4-6-13/h13H,4-10H2,1-3H3. The van der Waals surface area contributed by atoms with E-state index >= 15 is 0 Å². The molecule has 0 radical (unpaired) electrons. The fourth-order valence-electron chi connectivity index (χ4n) is 1.06. The molecule has 0 aromatic heterocycles. The van der Waals surface area contributed by atoms with Gasteiger partial charge in [-0.1, -0.05) is 0 Å². The van der Waals surface area contributed by atoms with Crippen molar-refractivity contribution >= 4 is 5.97 Å². The number of esters is 1. The van der Waals surface area contributed by atoms with Gasteiger partial charge in [-0.2, -0.15) is 0 Å². The zero-order valence-electron chi connectivity index (χ0n) is 11.0. The highest BCUT2D eigenvalue weighted by Gasteiger charge is 2.15. The van der Waals surface area contributed by atoms with Crippen molar-refractivity contribution in [3.63, 3.8) is 0 Å². The number of carbonyl (C=O) groups excluding carboxylic acids is 1. The third-order valence-corrected chi connectivity index (χ3v) is 1.66. The van der Waals surface area contributed by atoms with Gasteiger partial charge in [0.15, 0.2) is 0 Å². The van der Waals surface area contributed by atoms with Crippen LogP contribution in [0.1, 0.15) is 33.6 Å². The lowest BCUT2D eigenvalue weighted by Gasteiger charge is -2.19. The van der Waals surface area contributed by atoms with Crippen LogP contribution in [0.25, 0.3) is 0 Å². The van der Waals surface area contributed by atoms with Crippen LogP contribution in [0, 0.1) is 0 Å². The number of ether oxygens (including phenoxy) is 3. The molecular formula is C12H24O5. The Balaban J connectivity index is 3.25. The lowest BCUT2D eigenvalue weighted by molar-refractivity contribution is -0.160. The maximum atomic E-state index is 11.2. The van der Waals surface area contributed by atoms with Gasteiger partial charge in [0.1, 0.15) is 12.2 Å². The van der Waals surface area contributed by atoms with Crippen LogP contribution in [-0.4, -0.2) is 49.7 Å². The summed E-state index contributed by atoms with van der Waals surface area (Å²) in [7, 11) is 0. The van der Waals surface area contributed by atoms with Crippen molar-refractivity contribution in [3.8, 4) is 0 Å². The van der Waals surface area contributed by atoms with Crippen molar-refractivity contribution in [1.82, 2.24) is 0 Å². The third-order valence-electron chi connectivity index (χ3n) is 1.66. The molecule has 0 bridgehead atoms. The predicted molar refractivity (Wildman–Crippen MR) is 63.8 cm³/mol. The molecule has 17 heavy (non-hydrogen) atoms. The number of rotatable bonds is 9. The molecule has 102 valence electrons. The Kier molecular flexibility index (Phi) is 9.03. The van der Waals surface area contributed by atoms with Crippen LogP contribution in [-0.2, 0) is 19.0 Å². The van der Waals surface area contributed by atoms with E-state index in [4.69, 9.17) is 19.3 Å². The molecule has 0 atom stereocenters. The summed E-state index contributed by atoms with van der Waals surface area (Å²) in [6, 6.07) is 0. The van der Waals surface area contributed by atoms with Crippen molar-refractivity contribution in [2.75, 3.05) is 33.0 Å². The first-order chi connectivity index (χ1) is 7.95. The lowest BCUT2D eigenvalue weighted by atomic mass is 10.2. The molecule has 0 unspecified atom stereocenters. The maximum Gasteiger partial charge on any atom is 0.332 e. The summed E-state index contributed by atoms with van der Waals surface area (Å²) in [5.41, 5.74) is -0.464. The summed E-state index contributed by atoms with van der Waals surface area (Å²) < 4.78 is 15.4. The first kappa shape index (κ1) is 16.4. The lowest BCUT2D eigenvalue weighted by Crippen LogP contribution is -2.26. The second-order valence-electron chi connectivity index (χ2n) is 4.68. The summed E-state index contributed by atoms with van der Waals surface area (Å²) >= 11 is 0. The smallest absolute Gasteiger partial charge is 0.332 e. The van der Waals surface area contributed by atoms with E-state index in [9.17, 15) is 4.79 Å². The van der Waals surface area contributed by atoms with Crippen LogP contribution in [0.15, 0.2) is 0 Å². The first-order valence-electron chi connectivity index (χ1n) is 5.94. The third kappa shape index (κ3) is 13.3. The minimum Gasteiger partial charge on any atom is -0.458 e. The highest BCUT2D eigenvalue weighted by Crippen LogP contribution is 2.06. The Bertz CT molecular complexity index is 198. The first-order valence-corrected chi connectivity index (χ1v) is 5.94. The second kappa shape index (κ2) is 9.39. The van der Waals surface area contributed by atoms with E-state index in [1.165, 1.54) is 0 Å². The van der Waals surface area contributed by atoms with Gasteiger partial charge in [0, 0.05) is 26.4 Å². The summed E-state index contributed by atoms with van der Waals surface area (Å²) in [5, 5.41) is 8.50. The summed E-state index contributed by atoms with van der Waals surface area (Å²) in [4.78, 5) is 11.2. The maximum absolute atomic E-state index is 11.2. The van der Waals surface area contributed by atoms with E-state index in [-0.39, 0.29) is 19.2 Å². The summed E-state index contributed by atoms with van der Waals surface area (Å²) in [6.07, 6.45) is 1.38. The minimum absolute atomic E-state index is 0.0199. The Labute approximate surface area is 103 Å². The molecule has 0 aliphatic carbocycles.